The first-order valence-electron chi connectivity index (χ1n) is 10.9. The molecule has 0 bridgehead atoms. The maximum Gasteiger partial charge on any atom is 0.0401 e. The molecule has 32 heavy (non-hydrogen) atoms. The summed E-state index contributed by atoms with van der Waals surface area (Å²) in [5.41, 5.74) is 10.2. The summed E-state index contributed by atoms with van der Waals surface area (Å²) in [7, 11) is 0. The first-order chi connectivity index (χ1) is 15.2. The van der Waals surface area contributed by atoms with E-state index in [1.807, 2.05) is 56.1 Å². The number of hydrogen-bond acceptors (Lipinski definition) is 3. The first-order valence-corrected chi connectivity index (χ1v) is 10.9. The monoisotopic (exact) mass is 427 g/mol. The molecule has 0 amide bonds. The van der Waals surface area contributed by atoms with Gasteiger partial charge in [0.05, 0.1) is 0 Å². The minimum absolute atomic E-state index is 1.12. The second kappa shape index (κ2) is 14.6. The largest absolute Gasteiger partial charge is 0.264 e. The molecule has 3 aromatic heterocycles. The molecule has 0 aliphatic carbocycles. The molecule has 168 valence electrons. The molecule has 3 nitrogen and oxygen atoms in total. The van der Waals surface area contributed by atoms with Crippen molar-refractivity contribution in [2.75, 3.05) is 0 Å². The maximum absolute atomic E-state index is 4.08. The number of pyridine rings is 3. The number of aromatic nitrogens is 3. The van der Waals surface area contributed by atoms with E-state index in [9.17, 15) is 0 Å². The van der Waals surface area contributed by atoms with E-state index in [2.05, 4.69) is 93.7 Å². The highest BCUT2D eigenvalue weighted by atomic mass is 14.7. The lowest BCUT2D eigenvalue weighted by atomic mass is 10.1. The number of aryl methyl sites for hydroxylation is 8. The third kappa shape index (κ3) is 10.6. The minimum atomic E-state index is 1.12. The van der Waals surface area contributed by atoms with Gasteiger partial charge in [-0.15, -0.1) is 0 Å². The summed E-state index contributed by atoms with van der Waals surface area (Å²) in [6, 6.07) is 16.4. The fourth-order valence-corrected chi connectivity index (χ4v) is 2.31. The van der Waals surface area contributed by atoms with E-state index in [0.29, 0.717) is 0 Å². The average molecular weight is 428 g/mol. The molecule has 0 radical (unpaired) electrons. The van der Waals surface area contributed by atoms with E-state index in [1.165, 1.54) is 38.9 Å². The lowest BCUT2D eigenvalue weighted by Gasteiger charge is -1.93. The molecule has 0 atom stereocenters. The minimum Gasteiger partial charge on any atom is -0.264 e. The molecule has 3 heterocycles. The first kappa shape index (κ1) is 26.7. The van der Waals surface area contributed by atoms with Crippen molar-refractivity contribution >= 4 is 0 Å². The van der Waals surface area contributed by atoms with Crippen molar-refractivity contribution < 1.29 is 0 Å². The molecule has 4 rings (SSSR count). The van der Waals surface area contributed by atoms with E-state index in [4.69, 9.17) is 0 Å². The van der Waals surface area contributed by atoms with Crippen LogP contribution in [0.15, 0.2) is 79.5 Å². The molecule has 0 aliphatic rings. The van der Waals surface area contributed by atoms with Gasteiger partial charge in [-0.25, -0.2) is 0 Å². The third-order valence-corrected chi connectivity index (χ3v) is 5.30. The van der Waals surface area contributed by atoms with Gasteiger partial charge < -0.3 is 0 Å². The van der Waals surface area contributed by atoms with Gasteiger partial charge >= 0.3 is 0 Å². The van der Waals surface area contributed by atoms with E-state index in [0.717, 1.165) is 5.69 Å². The molecule has 0 saturated carbocycles. The quantitative estimate of drug-likeness (QED) is 0.293. The normalized spacial score (nSPS) is 9.25. The van der Waals surface area contributed by atoms with Crippen LogP contribution in [0.1, 0.15) is 44.6 Å². The molecule has 4 aromatic rings. The van der Waals surface area contributed by atoms with Crippen LogP contribution in [-0.2, 0) is 0 Å². The topological polar surface area (TPSA) is 38.7 Å². The standard InChI is InChI=1S/C8H10.3C7H9N/c1-7-5-3-4-6-8(7)2;2*1-6-3-4-8-5-7(6)2;1-6-4-3-5-8-7(6)2/h3-6H,1-2H3;3*3-5H,1-2H3. The fraction of sp³-hybridized carbons (Fsp3) is 0.276. The Kier molecular flexibility index (Phi) is 12.2. The average Bonchev–Trinajstić information content (AvgIpc) is 2.78. The second-order valence-corrected chi connectivity index (χ2v) is 7.91. The fourth-order valence-electron chi connectivity index (χ4n) is 2.31. The Labute approximate surface area is 194 Å². The SMILES string of the molecule is Cc1ccccc1C.Cc1cccnc1C.Cc1ccncc1C.Cc1ccncc1C. The van der Waals surface area contributed by atoms with Crippen molar-refractivity contribution in [2.24, 2.45) is 0 Å². The predicted molar refractivity (Wildman–Crippen MR) is 137 cm³/mol. The van der Waals surface area contributed by atoms with Crippen molar-refractivity contribution in [1.82, 2.24) is 15.0 Å². The van der Waals surface area contributed by atoms with Crippen molar-refractivity contribution in [3.05, 3.63) is 124 Å². The highest BCUT2D eigenvalue weighted by molar-refractivity contribution is 5.23. The van der Waals surface area contributed by atoms with Crippen LogP contribution in [-0.4, -0.2) is 15.0 Å². The van der Waals surface area contributed by atoms with Gasteiger partial charge in [0.1, 0.15) is 0 Å². The summed E-state index contributed by atoms with van der Waals surface area (Å²) in [4.78, 5) is 12.0. The van der Waals surface area contributed by atoms with Gasteiger partial charge in [0.15, 0.2) is 0 Å². The van der Waals surface area contributed by atoms with Crippen molar-refractivity contribution in [3.63, 3.8) is 0 Å². The van der Waals surface area contributed by atoms with Gasteiger partial charge in [-0.2, -0.15) is 0 Å². The van der Waals surface area contributed by atoms with Crippen LogP contribution in [0.4, 0.5) is 0 Å². The van der Waals surface area contributed by atoms with Gasteiger partial charge in [0, 0.05) is 36.7 Å². The van der Waals surface area contributed by atoms with Crippen molar-refractivity contribution in [1.29, 1.82) is 0 Å². The molecule has 3 heteroatoms. The van der Waals surface area contributed by atoms with Gasteiger partial charge in [-0.05, 0) is 113 Å². The smallest absolute Gasteiger partial charge is 0.0401 e. The Morgan fingerprint density at radius 2 is 0.812 bits per heavy atom. The number of hydrogen-bond donors (Lipinski definition) is 0. The van der Waals surface area contributed by atoms with Crippen LogP contribution in [0, 0.1) is 55.4 Å². The summed E-state index contributed by atoms with van der Waals surface area (Å²) >= 11 is 0. The van der Waals surface area contributed by atoms with Crippen molar-refractivity contribution in [2.45, 2.75) is 55.4 Å². The second-order valence-electron chi connectivity index (χ2n) is 7.91. The molecule has 0 unspecified atom stereocenters. The van der Waals surface area contributed by atoms with Gasteiger partial charge in [0.2, 0.25) is 0 Å². The van der Waals surface area contributed by atoms with Crippen LogP contribution < -0.4 is 0 Å². The Hall–Kier alpha value is -3.33. The van der Waals surface area contributed by atoms with Gasteiger partial charge in [-0.3, -0.25) is 15.0 Å². The summed E-state index contributed by atoms with van der Waals surface area (Å²) in [5, 5.41) is 0. The Morgan fingerprint density at radius 1 is 0.406 bits per heavy atom. The van der Waals surface area contributed by atoms with Gasteiger partial charge in [-0.1, -0.05) is 30.3 Å². The predicted octanol–water partition coefficient (Wildman–Crippen LogP) is 7.40. The Bertz CT molecular complexity index is 813. The van der Waals surface area contributed by atoms with Crippen molar-refractivity contribution in [3.8, 4) is 0 Å². The zero-order chi connectivity index (χ0) is 23.9. The van der Waals surface area contributed by atoms with E-state index < -0.39 is 0 Å². The number of rotatable bonds is 0. The summed E-state index contributed by atoms with van der Waals surface area (Å²) in [6.45, 7) is 16.6. The summed E-state index contributed by atoms with van der Waals surface area (Å²) in [6.07, 6.45) is 9.16. The summed E-state index contributed by atoms with van der Waals surface area (Å²) < 4.78 is 0. The number of benzene rings is 1. The molecule has 0 saturated heterocycles. The van der Waals surface area contributed by atoms with E-state index >= 15 is 0 Å². The molecule has 0 aliphatic heterocycles. The highest BCUT2D eigenvalue weighted by Gasteiger charge is 1.87. The zero-order valence-electron chi connectivity index (χ0n) is 20.8. The third-order valence-electron chi connectivity index (χ3n) is 5.30. The van der Waals surface area contributed by atoms with Crippen LogP contribution in [0.25, 0.3) is 0 Å². The molecule has 1 aromatic carbocycles. The van der Waals surface area contributed by atoms with Gasteiger partial charge in [0.25, 0.3) is 0 Å². The lowest BCUT2D eigenvalue weighted by molar-refractivity contribution is 1.15. The van der Waals surface area contributed by atoms with E-state index in [-0.39, 0.29) is 0 Å². The van der Waals surface area contributed by atoms with Crippen LogP contribution in [0.3, 0.4) is 0 Å². The maximum atomic E-state index is 4.08. The van der Waals surface area contributed by atoms with Crippen LogP contribution in [0.2, 0.25) is 0 Å². The van der Waals surface area contributed by atoms with E-state index in [1.54, 1.807) is 0 Å². The van der Waals surface area contributed by atoms with Crippen LogP contribution >= 0.6 is 0 Å². The molecule has 0 spiro atoms. The zero-order valence-corrected chi connectivity index (χ0v) is 20.8. The number of nitrogens with zero attached hydrogens (tertiary/aromatic N) is 3. The Balaban J connectivity index is 0.000000213. The Morgan fingerprint density at radius 3 is 1.06 bits per heavy atom. The molecular formula is C29H37N3. The summed E-state index contributed by atoms with van der Waals surface area (Å²) in [5.74, 6) is 0. The molecular weight excluding hydrogens is 390 g/mol. The van der Waals surface area contributed by atoms with Crippen LogP contribution in [0.5, 0.6) is 0 Å². The molecule has 0 N–H and O–H groups in total. The highest BCUT2D eigenvalue weighted by Crippen LogP contribution is 2.03. The molecule has 0 fully saturated rings. The lowest BCUT2D eigenvalue weighted by Crippen LogP contribution is -1.81.